The van der Waals surface area contributed by atoms with Crippen molar-refractivity contribution in [2.24, 2.45) is 5.10 Å². The van der Waals surface area contributed by atoms with Crippen LogP contribution >= 0.6 is 11.6 Å². The van der Waals surface area contributed by atoms with E-state index in [1.54, 1.807) is 0 Å². The Hall–Kier alpha value is -2.34. The lowest BCUT2D eigenvalue weighted by atomic mass is 10.2. The molecule has 2 aromatic rings. The molecule has 0 aliphatic rings. The molecule has 1 aromatic heterocycles. The van der Waals surface area contributed by atoms with E-state index in [-0.39, 0.29) is 0 Å². The lowest BCUT2D eigenvalue weighted by Crippen LogP contribution is -2.19. The van der Waals surface area contributed by atoms with Gasteiger partial charge in [-0.2, -0.15) is 5.10 Å². The van der Waals surface area contributed by atoms with E-state index in [0.717, 1.165) is 12.0 Å². The largest absolute Gasteiger partial charge is 0.448 e. The normalized spacial score (nSPS) is 10.8. The van der Waals surface area contributed by atoms with Gasteiger partial charge >= 0.3 is 6.09 Å². The van der Waals surface area contributed by atoms with Crippen molar-refractivity contribution in [1.82, 2.24) is 15.4 Å². The summed E-state index contributed by atoms with van der Waals surface area (Å²) in [6, 6.07) is 9.56. The van der Waals surface area contributed by atoms with Gasteiger partial charge in [-0.1, -0.05) is 48.9 Å². The molecular formula is C14H15ClN4O2. The number of hydrazone groups is 1. The molecule has 0 bridgehead atoms. The smallest absolute Gasteiger partial charge is 0.427 e. The molecule has 0 aliphatic heterocycles. The monoisotopic (exact) mass is 306 g/mol. The minimum Gasteiger partial charge on any atom is -0.448 e. The van der Waals surface area contributed by atoms with Gasteiger partial charge in [0.25, 0.3) is 0 Å². The van der Waals surface area contributed by atoms with E-state index in [9.17, 15) is 4.79 Å². The van der Waals surface area contributed by atoms with Crippen LogP contribution < -0.4 is 5.43 Å². The van der Waals surface area contributed by atoms with E-state index in [0.29, 0.717) is 23.3 Å². The molecular weight excluding hydrogens is 292 g/mol. The van der Waals surface area contributed by atoms with Crippen LogP contribution in [-0.2, 0) is 4.74 Å². The van der Waals surface area contributed by atoms with Gasteiger partial charge in [0.2, 0.25) is 0 Å². The highest BCUT2D eigenvalue weighted by atomic mass is 35.5. The van der Waals surface area contributed by atoms with Crippen LogP contribution in [0.15, 0.2) is 35.4 Å². The van der Waals surface area contributed by atoms with E-state index in [1.807, 2.05) is 37.3 Å². The number of aromatic nitrogens is 2. The first-order chi connectivity index (χ1) is 10.2. The van der Waals surface area contributed by atoms with Gasteiger partial charge in [-0.3, -0.25) is 0 Å². The number of ether oxygens (including phenoxy) is 1. The van der Waals surface area contributed by atoms with Crippen molar-refractivity contribution < 1.29 is 9.53 Å². The number of amides is 1. The number of nitrogens with one attached hydrogen (secondary N) is 2. The first-order valence-corrected chi connectivity index (χ1v) is 6.85. The summed E-state index contributed by atoms with van der Waals surface area (Å²) in [5, 5.41) is 4.09. The number of nitrogens with zero attached hydrogens (tertiary/aromatic N) is 2. The summed E-state index contributed by atoms with van der Waals surface area (Å²) >= 11 is 6.04. The van der Waals surface area contributed by atoms with Gasteiger partial charge in [-0.05, 0) is 6.42 Å². The van der Waals surface area contributed by atoms with Crippen LogP contribution in [0.25, 0.3) is 11.4 Å². The number of aromatic amines is 1. The fourth-order valence-corrected chi connectivity index (χ4v) is 1.74. The van der Waals surface area contributed by atoms with Gasteiger partial charge in [0, 0.05) is 5.56 Å². The molecule has 0 unspecified atom stereocenters. The first-order valence-electron chi connectivity index (χ1n) is 6.47. The molecule has 0 radical (unpaired) electrons. The van der Waals surface area contributed by atoms with Crippen LogP contribution in [0.1, 0.15) is 19.0 Å². The number of carbonyl (C=O) groups excluding carboxylic acids is 1. The molecule has 0 atom stereocenters. The molecule has 21 heavy (non-hydrogen) atoms. The highest BCUT2D eigenvalue weighted by molar-refractivity contribution is 6.31. The predicted octanol–water partition coefficient (Wildman–Crippen LogP) is 3.20. The predicted molar refractivity (Wildman–Crippen MR) is 81.4 cm³/mol. The van der Waals surface area contributed by atoms with E-state index in [2.05, 4.69) is 20.5 Å². The van der Waals surface area contributed by atoms with Gasteiger partial charge in [0.15, 0.2) is 0 Å². The average Bonchev–Trinajstić information content (AvgIpc) is 2.87. The Morgan fingerprint density at radius 1 is 1.48 bits per heavy atom. The number of H-pyrrole nitrogens is 1. The Morgan fingerprint density at radius 3 is 2.95 bits per heavy atom. The third kappa shape index (κ3) is 4.32. The molecule has 0 saturated carbocycles. The highest BCUT2D eigenvalue weighted by Crippen LogP contribution is 2.19. The maximum atomic E-state index is 11.2. The number of carbonyl (C=O) groups is 1. The fourth-order valence-electron chi connectivity index (χ4n) is 1.56. The number of rotatable bonds is 5. The van der Waals surface area contributed by atoms with Gasteiger partial charge in [0.1, 0.15) is 16.7 Å². The minimum atomic E-state index is -0.608. The molecule has 0 aliphatic carbocycles. The fraction of sp³-hybridized carbons (Fsp3) is 0.214. The summed E-state index contributed by atoms with van der Waals surface area (Å²) in [6.45, 7) is 2.26. The zero-order valence-corrected chi connectivity index (χ0v) is 12.2. The molecule has 6 nitrogen and oxygen atoms in total. The quantitative estimate of drug-likeness (QED) is 0.657. The number of hydrogen-bond acceptors (Lipinski definition) is 4. The van der Waals surface area contributed by atoms with Gasteiger partial charge in [0.05, 0.1) is 12.8 Å². The lowest BCUT2D eigenvalue weighted by molar-refractivity contribution is 0.147. The summed E-state index contributed by atoms with van der Waals surface area (Å²) in [4.78, 5) is 18.5. The van der Waals surface area contributed by atoms with E-state index < -0.39 is 6.09 Å². The van der Waals surface area contributed by atoms with Crippen LogP contribution in [0.2, 0.25) is 5.15 Å². The zero-order chi connectivity index (χ0) is 15.1. The number of hydrogen-bond donors (Lipinski definition) is 2. The molecule has 1 heterocycles. The van der Waals surface area contributed by atoms with Crippen molar-refractivity contribution >= 4 is 23.9 Å². The molecule has 2 rings (SSSR count). The van der Waals surface area contributed by atoms with Gasteiger partial charge in [-0.25, -0.2) is 15.2 Å². The molecule has 0 fully saturated rings. The molecule has 0 spiro atoms. The standard InChI is InChI=1S/C14H15ClN4O2/c1-2-8-21-14(20)19-16-9-11-12(15)18-13(17-11)10-6-4-3-5-7-10/h3-7,9H,2,8H2,1H3,(H,17,18)(H,19,20)/b16-9-. The Morgan fingerprint density at radius 2 is 2.24 bits per heavy atom. The third-order valence-electron chi connectivity index (χ3n) is 2.51. The van der Waals surface area contributed by atoms with E-state index in [1.165, 1.54) is 6.21 Å². The Labute approximate surface area is 127 Å². The van der Waals surface area contributed by atoms with Crippen molar-refractivity contribution in [3.05, 3.63) is 41.2 Å². The van der Waals surface area contributed by atoms with Crippen molar-refractivity contribution in [3.63, 3.8) is 0 Å². The minimum absolute atomic E-state index is 0.348. The van der Waals surface area contributed by atoms with E-state index in [4.69, 9.17) is 16.3 Å². The Bertz CT molecular complexity index is 625. The van der Waals surface area contributed by atoms with Gasteiger partial charge < -0.3 is 9.72 Å². The summed E-state index contributed by atoms with van der Waals surface area (Å²) in [7, 11) is 0. The van der Waals surface area contributed by atoms with Crippen LogP contribution in [0, 0.1) is 0 Å². The summed E-state index contributed by atoms with van der Waals surface area (Å²) < 4.78 is 4.81. The van der Waals surface area contributed by atoms with Crippen LogP contribution in [0.4, 0.5) is 4.79 Å². The number of benzene rings is 1. The summed E-state index contributed by atoms with van der Waals surface area (Å²) in [6.07, 6.45) is 1.50. The van der Waals surface area contributed by atoms with Crippen LogP contribution in [0.5, 0.6) is 0 Å². The summed E-state index contributed by atoms with van der Waals surface area (Å²) in [5.41, 5.74) is 3.59. The highest BCUT2D eigenvalue weighted by Gasteiger charge is 2.08. The molecule has 1 amide bonds. The molecule has 2 N–H and O–H groups in total. The van der Waals surface area contributed by atoms with E-state index >= 15 is 0 Å². The SMILES string of the molecule is CCCOC(=O)N/N=C\c1nc(-c2ccccc2)[nH]c1Cl. The van der Waals surface area contributed by atoms with Crippen molar-refractivity contribution in [1.29, 1.82) is 0 Å². The molecule has 7 heteroatoms. The van der Waals surface area contributed by atoms with Crippen LogP contribution in [-0.4, -0.2) is 28.9 Å². The average molecular weight is 307 g/mol. The first kappa shape index (κ1) is 15.1. The Kier molecular flexibility index (Phi) is 5.34. The molecule has 0 saturated heterocycles. The van der Waals surface area contributed by atoms with Crippen molar-refractivity contribution in [2.45, 2.75) is 13.3 Å². The lowest BCUT2D eigenvalue weighted by Gasteiger charge is -1.99. The second-order valence-electron chi connectivity index (χ2n) is 4.16. The zero-order valence-electron chi connectivity index (χ0n) is 11.5. The maximum absolute atomic E-state index is 11.2. The number of halogens is 1. The van der Waals surface area contributed by atoms with Crippen molar-refractivity contribution in [3.8, 4) is 11.4 Å². The Balaban J connectivity index is 2.01. The maximum Gasteiger partial charge on any atom is 0.427 e. The van der Waals surface area contributed by atoms with Crippen molar-refractivity contribution in [2.75, 3.05) is 6.61 Å². The summed E-state index contributed by atoms with van der Waals surface area (Å²) in [5.74, 6) is 0.635. The van der Waals surface area contributed by atoms with Crippen LogP contribution in [0.3, 0.4) is 0 Å². The molecule has 110 valence electrons. The van der Waals surface area contributed by atoms with Gasteiger partial charge in [-0.15, -0.1) is 0 Å². The topological polar surface area (TPSA) is 79.4 Å². The molecule has 1 aromatic carbocycles. The number of imidazole rings is 1. The third-order valence-corrected chi connectivity index (χ3v) is 2.80. The second-order valence-corrected chi connectivity index (χ2v) is 4.53. The second kappa shape index (κ2) is 7.44.